The fourth-order valence-corrected chi connectivity index (χ4v) is 6.77. The monoisotopic (exact) mass is 375 g/mol. The summed E-state index contributed by atoms with van der Waals surface area (Å²) in [5.41, 5.74) is 0.850. The van der Waals surface area contributed by atoms with Crippen molar-refractivity contribution in [3.05, 3.63) is 29.8 Å². The van der Waals surface area contributed by atoms with E-state index >= 15 is 0 Å². The topological polar surface area (TPSA) is 54.5 Å². The van der Waals surface area contributed by atoms with Crippen molar-refractivity contribution in [2.24, 2.45) is 23.2 Å². The number of sulfone groups is 1. The van der Waals surface area contributed by atoms with Crippen molar-refractivity contribution in [3.8, 4) is 0 Å². The van der Waals surface area contributed by atoms with Crippen molar-refractivity contribution in [1.29, 1.82) is 0 Å². The number of carbonyl (C=O) groups excluding carboxylic acids is 1. The molecule has 1 aromatic rings. The fraction of sp³-hybridized carbons (Fsp3) is 0.667. The largest absolute Gasteiger partial charge is 0.339 e. The highest BCUT2D eigenvalue weighted by atomic mass is 32.2. The van der Waals surface area contributed by atoms with Gasteiger partial charge in [-0.25, -0.2) is 8.42 Å². The van der Waals surface area contributed by atoms with Crippen LogP contribution in [0.15, 0.2) is 29.2 Å². The number of amides is 1. The molecule has 1 amide bonds. The highest BCUT2D eigenvalue weighted by Crippen LogP contribution is 2.60. The SMILES string of the molecule is CC(c1ccc(S(C)(=O)=O)cc1)N(C)C(=O)C12CC3CC(CC(C3)C1)C2. The molecule has 4 saturated carbocycles. The van der Waals surface area contributed by atoms with Gasteiger partial charge in [0.15, 0.2) is 9.84 Å². The van der Waals surface area contributed by atoms with Crippen LogP contribution < -0.4 is 0 Å². The lowest BCUT2D eigenvalue weighted by Crippen LogP contribution is -2.54. The molecule has 4 bridgehead atoms. The Kier molecular flexibility index (Phi) is 4.22. The Morgan fingerprint density at radius 2 is 1.50 bits per heavy atom. The predicted molar refractivity (Wildman–Crippen MR) is 101 cm³/mol. The lowest BCUT2D eigenvalue weighted by molar-refractivity contribution is -0.158. The van der Waals surface area contributed by atoms with Gasteiger partial charge in [0.05, 0.1) is 16.4 Å². The third-order valence-corrected chi connectivity index (χ3v) is 8.31. The van der Waals surface area contributed by atoms with Crippen molar-refractivity contribution in [2.45, 2.75) is 56.4 Å². The molecule has 5 heteroatoms. The van der Waals surface area contributed by atoms with Crippen LogP contribution in [-0.2, 0) is 14.6 Å². The highest BCUT2D eigenvalue weighted by Gasteiger charge is 2.55. The molecule has 5 rings (SSSR count). The van der Waals surface area contributed by atoms with Gasteiger partial charge in [-0.05, 0) is 80.9 Å². The average Bonchev–Trinajstić information content (AvgIpc) is 2.58. The first-order valence-electron chi connectivity index (χ1n) is 9.75. The molecule has 0 heterocycles. The molecular formula is C21H29NO3S. The maximum absolute atomic E-state index is 13.5. The lowest BCUT2D eigenvalue weighted by atomic mass is 9.49. The molecule has 4 aliphatic carbocycles. The third-order valence-electron chi connectivity index (χ3n) is 7.18. The van der Waals surface area contributed by atoms with Crippen LogP contribution in [0.5, 0.6) is 0 Å². The number of carbonyl (C=O) groups is 1. The van der Waals surface area contributed by atoms with E-state index in [1.54, 1.807) is 12.1 Å². The summed E-state index contributed by atoms with van der Waals surface area (Å²) in [6.07, 6.45) is 8.43. The van der Waals surface area contributed by atoms with Crippen molar-refractivity contribution < 1.29 is 13.2 Å². The molecule has 1 unspecified atom stereocenters. The summed E-state index contributed by atoms with van der Waals surface area (Å²) in [5, 5.41) is 0. The minimum Gasteiger partial charge on any atom is -0.339 e. The molecule has 0 spiro atoms. The number of hydrogen-bond donors (Lipinski definition) is 0. The summed E-state index contributed by atoms with van der Waals surface area (Å²) in [4.78, 5) is 15.7. The quantitative estimate of drug-likeness (QED) is 0.804. The smallest absolute Gasteiger partial charge is 0.229 e. The Morgan fingerprint density at radius 1 is 1.04 bits per heavy atom. The van der Waals surface area contributed by atoms with Crippen LogP contribution in [0, 0.1) is 23.2 Å². The van der Waals surface area contributed by atoms with Gasteiger partial charge in [0, 0.05) is 13.3 Å². The maximum Gasteiger partial charge on any atom is 0.229 e. The molecule has 4 aliphatic rings. The van der Waals surface area contributed by atoms with Gasteiger partial charge >= 0.3 is 0 Å². The van der Waals surface area contributed by atoms with Gasteiger partial charge in [-0.1, -0.05) is 12.1 Å². The second-order valence-electron chi connectivity index (χ2n) is 9.13. The Bertz CT molecular complexity index is 777. The summed E-state index contributed by atoms with van der Waals surface area (Å²) >= 11 is 0. The van der Waals surface area contributed by atoms with E-state index in [-0.39, 0.29) is 11.5 Å². The van der Waals surface area contributed by atoms with Crippen LogP contribution in [0.2, 0.25) is 0 Å². The highest BCUT2D eigenvalue weighted by molar-refractivity contribution is 7.90. The molecule has 1 atom stereocenters. The lowest BCUT2D eigenvalue weighted by Gasteiger charge is -2.56. The standard InChI is InChI=1S/C21H29NO3S/c1-14(18-4-6-19(7-5-18)26(3,24)25)22(2)20(23)21-11-15-8-16(12-21)10-17(9-15)13-21/h4-7,14-17H,8-13H2,1-3H3. The molecule has 1 aromatic carbocycles. The molecule has 0 aliphatic heterocycles. The molecule has 4 fully saturated rings. The molecule has 26 heavy (non-hydrogen) atoms. The second-order valence-corrected chi connectivity index (χ2v) is 11.1. The first kappa shape index (κ1) is 18.0. The molecule has 0 N–H and O–H groups in total. The summed E-state index contributed by atoms with van der Waals surface area (Å²) in [7, 11) is -1.28. The van der Waals surface area contributed by atoms with Gasteiger partial charge in [0.2, 0.25) is 5.91 Å². The van der Waals surface area contributed by atoms with Crippen LogP contribution in [0.25, 0.3) is 0 Å². The first-order chi connectivity index (χ1) is 12.2. The number of rotatable bonds is 4. The van der Waals surface area contributed by atoms with Crippen LogP contribution in [-0.4, -0.2) is 32.5 Å². The zero-order valence-corrected chi connectivity index (χ0v) is 16.8. The van der Waals surface area contributed by atoms with Crippen molar-refractivity contribution in [3.63, 3.8) is 0 Å². The zero-order valence-electron chi connectivity index (χ0n) is 15.9. The van der Waals surface area contributed by atoms with Crippen LogP contribution >= 0.6 is 0 Å². The number of hydrogen-bond acceptors (Lipinski definition) is 3. The first-order valence-corrected chi connectivity index (χ1v) is 11.6. The molecule has 0 saturated heterocycles. The Morgan fingerprint density at radius 3 is 1.92 bits per heavy atom. The Hall–Kier alpha value is -1.36. The van der Waals surface area contributed by atoms with Gasteiger partial charge in [0.1, 0.15) is 0 Å². The summed E-state index contributed by atoms with van der Waals surface area (Å²) in [6.45, 7) is 2.04. The van der Waals surface area contributed by atoms with Gasteiger partial charge in [-0.15, -0.1) is 0 Å². The van der Waals surface area contributed by atoms with Gasteiger partial charge in [0.25, 0.3) is 0 Å². The van der Waals surface area contributed by atoms with Gasteiger partial charge in [-0.2, -0.15) is 0 Å². The van der Waals surface area contributed by atoms with E-state index in [0.29, 0.717) is 10.8 Å². The Balaban J connectivity index is 1.53. The van der Waals surface area contributed by atoms with Crippen molar-refractivity contribution >= 4 is 15.7 Å². The van der Waals surface area contributed by atoms with Crippen LogP contribution in [0.1, 0.15) is 57.1 Å². The normalized spacial score (nSPS) is 33.9. The fourth-order valence-electron chi connectivity index (χ4n) is 6.14. The van der Waals surface area contributed by atoms with E-state index < -0.39 is 9.84 Å². The number of nitrogens with zero attached hydrogens (tertiary/aromatic N) is 1. The van der Waals surface area contributed by atoms with Gasteiger partial charge in [-0.3, -0.25) is 4.79 Å². The predicted octanol–water partition coefficient (Wildman–Crippen LogP) is 3.83. The molecule has 4 nitrogen and oxygen atoms in total. The summed E-state index contributed by atoms with van der Waals surface area (Å²) in [6, 6.07) is 6.91. The number of benzene rings is 1. The summed E-state index contributed by atoms with van der Waals surface area (Å²) in [5.74, 6) is 2.56. The van der Waals surface area contributed by atoms with Crippen LogP contribution in [0.3, 0.4) is 0 Å². The minimum atomic E-state index is -3.19. The molecular weight excluding hydrogens is 346 g/mol. The van der Waals surface area contributed by atoms with E-state index in [1.807, 2.05) is 31.0 Å². The second kappa shape index (κ2) is 6.08. The van der Waals surface area contributed by atoms with Crippen molar-refractivity contribution in [2.75, 3.05) is 13.3 Å². The Labute approximate surface area is 156 Å². The maximum atomic E-state index is 13.5. The third kappa shape index (κ3) is 2.98. The molecule has 0 aromatic heterocycles. The summed E-state index contributed by atoms with van der Waals surface area (Å²) < 4.78 is 23.3. The molecule has 0 radical (unpaired) electrons. The van der Waals surface area contributed by atoms with Crippen molar-refractivity contribution in [1.82, 2.24) is 4.90 Å². The van der Waals surface area contributed by atoms with E-state index in [9.17, 15) is 13.2 Å². The average molecular weight is 376 g/mol. The van der Waals surface area contributed by atoms with E-state index in [1.165, 1.54) is 25.5 Å². The van der Waals surface area contributed by atoms with Crippen LogP contribution in [0.4, 0.5) is 0 Å². The van der Waals surface area contributed by atoms with E-state index in [0.717, 1.165) is 42.6 Å². The zero-order chi connectivity index (χ0) is 18.7. The molecule has 142 valence electrons. The minimum absolute atomic E-state index is 0.0517. The van der Waals surface area contributed by atoms with E-state index in [2.05, 4.69) is 0 Å². The van der Waals surface area contributed by atoms with E-state index in [4.69, 9.17) is 0 Å². The van der Waals surface area contributed by atoms with Gasteiger partial charge < -0.3 is 4.90 Å².